The molecule has 0 saturated carbocycles. The number of amides is 1. The van der Waals surface area contributed by atoms with E-state index in [-0.39, 0.29) is 36.5 Å². The molecular weight excluding hydrogens is 412 g/mol. The zero-order valence-corrected chi connectivity index (χ0v) is 19.8. The van der Waals surface area contributed by atoms with Crippen molar-refractivity contribution >= 4 is 17.3 Å². The summed E-state index contributed by atoms with van der Waals surface area (Å²) in [6.45, 7) is 12.3. The minimum atomic E-state index is -1.81. The predicted molar refractivity (Wildman–Crippen MR) is 126 cm³/mol. The van der Waals surface area contributed by atoms with Crippen molar-refractivity contribution in [1.82, 2.24) is 10.6 Å². The number of hydrogen-bond acceptors (Lipinski definition) is 4. The summed E-state index contributed by atoms with van der Waals surface area (Å²) in [5, 5.41) is 14.1. The van der Waals surface area contributed by atoms with Crippen LogP contribution in [0.3, 0.4) is 0 Å². The van der Waals surface area contributed by atoms with E-state index < -0.39 is 17.6 Å². The fourth-order valence-electron chi connectivity index (χ4n) is 2.86. The summed E-state index contributed by atoms with van der Waals surface area (Å²) in [7, 11) is 1.53. The maximum atomic E-state index is 14.5. The van der Waals surface area contributed by atoms with Gasteiger partial charge in [-0.2, -0.15) is 0 Å². The van der Waals surface area contributed by atoms with Gasteiger partial charge in [-0.1, -0.05) is 39.5 Å². The molecule has 3 N–H and O–H groups in total. The average Bonchev–Trinajstić information content (AvgIpc) is 2.75. The molecule has 3 atom stereocenters. The molecule has 0 saturated heterocycles. The van der Waals surface area contributed by atoms with E-state index in [1.807, 2.05) is 20.8 Å². The molecule has 0 aliphatic carbocycles. The van der Waals surface area contributed by atoms with Crippen molar-refractivity contribution in [2.75, 3.05) is 13.7 Å². The summed E-state index contributed by atoms with van der Waals surface area (Å²) in [4.78, 5) is 13.0. The largest absolute Gasteiger partial charge is 0.380 e. The average molecular weight is 448 g/mol. The molecule has 0 bridgehead atoms. The summed E-state index contributed by atoms with van der Waals surface area (Å²) in [6, 6.07) is 5.55. The van der Waals surface area contributed by atoms with E-state index in [0.717, 1.165) is 0 Å². The van der Waals surface area contributed by atoms with Crippen molar-refractivity contribution in [2.24, 2.45) is 5.92 Å². The van der Waals surface area contributed by atoms with Crippen LogP contribution in [0.5, 0.6) is 0 Å². The maximum Gasteiger partial charge on any atom is 0.247 e. The fourth-order valence-corrected chi connectivity index (χ4v) is 2.86. The zero-order valence-electron chi connectivity index (χ0n) is 19.8. The first kappa shape index (κ1) is 27.3. The number of carbonyl (C=O) groups is 1. The highest BCUT2D eigenvalue weighted by Crippen LogP contribution is 2.20. The summed E-state index contributed by atoms with van der Waals surface area (Å²) in [6.07, 6.45) is 1.09. The number of halogens is 2. The van der Waals surface area contributed by atoms with Crippen molar-refractivity contribution in [3.63, 3.8) is 0 Å². The van der Waals surface area contributed by atoms with Crippen LogP contribution < -0.4 is 10.6 Å². The molecule has 0 fully saturated rings. The molecule has 5 nitrogen and oxygen atoms in total. The van der Waals surface area contributed by atoms with Gasteiger partial charge in [0.05, 0.1) is 23.6 Å². The molecule has 0 aliphatic rings. The molecule has 1 aromatic carbocycles. The van der Waals surface area contributed by atoms with E-state index in [1.54, 1.807) is 19.1 Å². The lowest BCUT2D eigenvalue weighted by atomic mass is 9.93. The lowest BCUT2D eigenvalue weighted by molar-refractivity contribution is -0.119. The molecule has 0 aromatic heterocycles. The lowest BCUT2D eigenvalue weighted by Crippen LogP contribution is -2.49. The topological polar surface area (TPSA) is 74.2 Å². The summed E-state index contributed by atoms with van der Waals surface area (Å²) in [5.41, 5.74) is 2.08. The summed E-state index contributed by atoms with van der Waals surface area (Å²) in [5.74, 6) is -0.999. The fraction of sp³-hybridized carbons (Fsp3) is 0.480. The Morgan fingerprint density at radius 2 is 2.03 bits per heavy atom. The lowest BCUT2D eigenvalue weighted by Gasteiger charge is -2.27. The second kappa shape index (κ2) is 12.3. The number of allylic oxidation sites excluding steroid dienone is 1. The van der Waals surface area contributed by atoms with Crippen molar-refractivity contribution in [3.8, 4) is 0 Å². The molecule has 1 aromatic rings. The Morgan fingerprint density at radius 1 is 1.38 bits per heavy atom. The van der Waals surface area contributed by atoms with E-state index in [4.69, 9.17) is 10.1 Å². The van der Waals surface area contributed by atoms with Crippen LogP contribution in [-0.2, 0) is 9.53 Å². The van der Waals surface area contributed by atoms with Gasteiger partial charge in [-0.05, 0) is 44.4 Å². The number of nitrogens with one attached hydrogen (secondary N) is 3. The minimum Gasteiger partial charge on any atom is -0.380 e. The van der Waals surface area contributed by atoms with E-state index in [9.17, 15) is 13.6 Å². The van der Waals surface area contributed by atoms with Gasteiger partial charge < -0.3 is 20.8 Å². The first-order valence-corrected chi connectivity index (χ1v) is 10.7. The Hall–Kier alpha value is -2.76. The van der Waals surface area contributed by atoms with Gasteiger partial charge in [-0.25, -0.2) is 8.78 Å². The normalized spacial score (nSPS) is 15.3. The van der Waals surface area contributed by atoms with Gasteiger partial charge in [0.25, 0.3) is 0 Å². The van der Waals surface area contributed by atoms with Crippen LogP contribution in [0.1, 0.15) is 46.6 Å². The maximum absolute atomic E-state index is 14.5. The highest BCUT2D eigenvalue weighted by molar-refractivity contribution is 6.06. The molecular formula is C25H35F2N3O2. The molecule has 0 aliphatic heterocycles. The molecule has 7 heteroatoms. The van der Waals surface area contributed by atoms with E-state index >= 15 is 0 Å². The number of benzene rings is 1. The molecule has 1 amide bonds. The van der Waals surface area contributed by atoms with Crippen LogP contribution >= 0.6 is 0 Å². The standard InChI is InChI=1S/C25H35F2N3O2/c1-8-21(18-11-10-12-19(26)13-18)29-15-22(17(5)32-7)30-24(31)20(16(3)4)14-23(28)25(6,27)9-2/h10-14,16-17,22,28-29H,1,9,15H2,2-7H3,(H,30,31)/b20-14+,28-23?/t17-,22+,25?/m0/s1. The van der Waals surface area contributed by atoms with Gasteiger partial charge in [0, 0.05) is 24.8 Å². The number of carbonyl (C=O) groups excluding carboxylic acids is 1. The van der Waals surface area contributed by atoms with Crippen LogP contribution in [-0.4, -0.2) is 43.1 Å². The second-order valence-corrected chi connectivity index (χ2v) is 8.18. The number of alkyl halides is 1. The Labute approximate surface area is 190 Å². The van der Waals surface area contributed by atoms with Gasteiger partial charge in [-0.15, -0.1) is 5.73 Å². The molecule has 1 unspecified atom stereocenters. The summed E-state index contributed by atoms with van der Waals surface area (Å²) < 4.78 is 33.5. The highest BCUT2D eigenvalue weighted by atomic mass is 19.1. The van der Waals surface area contributed by atoms with Gasteiger partial charge in [-0.3, -0.25) is 4.79 Å². The summed E-state index contributed by atoms with van der Waals surface area (Å²) >= 11 is 0. The Balaban J connectivity index is 3.05. The van der Waals surface area contributed by atoms with E-state index in [1.165, 1.54) is 32.2 Å². The Kier molecular flexibility index (Phi) is 10.5. The van der Waals surface area contributed by atoms with Crippen LogP contribution in [0, 0.1) is 17.1 Å². The van der Waals surface area contributed by atoms with Crippen LogP contribution in [0.4, 0.5) is 8.78 Å². The molecule has 1 rings (SSSR count). The smallest absolute Gasteiger partial charge is 0.247 e. The van der Waals surface area contributed by atoms with Crippen molar-refractivity contribution in [3.05, 3.63) is 59.6 Å². The number of ether oxygens (including phenoxy) is 1. The van der Waals surface area contributed by atoms with E-state index in [0.29, 0.717) is 16.8 Å². The van der Waals surface area contributed by atoms with Crippen LogP contribution in [0.15, 0.2) is 48.2 Å². The number of hydrogen-bond donors (Lipinski definition) is 3. The Bertz CT molecular complexity index is 887. The van der Waals surface area contributed by atoms with Gasteiger partial charge in [0.1, 0.15) is 11.5 Å². The second-order valence-electron chi connectivity index (χ2n) is 8.18. The number of rotatable bonds is 12. The first-order valence-electron chi connectivity index (χ1n) is 10.7. The monoisotopic (exact) mass is 447 g/mol. The quantitative estimate of drug-likeness (QED) is 0.245. The minimum absolute atomic E-state index is 0.138. The molecule has 0 heterocycles. The first-order chi connectivity index (χ1) is 15.0. The van der Waals surface area contributed by atoms with Crippen LogP contribution in [0.25, 0.3) is 5.70 Å². The number of methoxy groups -OCH3 is 1. The van der Waals surface area contributed by atoms with Gasteiger partial charge >= 0.3 is 0 Å². The molecule has 0 radical (unpaired) electrons. The SMILES string of the molecule is C=C=C(NC[C@@H](NC(=O)/C(=C/C(=N)C(C)(F)CC)C(C)C)[C@H](C)OC)c1cccc(F)c1. The zero-order chi connectivity index (χ0) is 24.5. The van der Waals surface area contributed by atoms with Gasteiger partial charge in [0.2, 0.25) is 5.91 Å². The predicted octanol–water partition coefficient (Wildman–Crippen LogP) is 4.80. The van der Waals surface area contributed by atoms with Crippen molar-refractivity contribution in [1.29, 1.82) is 5.41 Å². The van der Waals surface area contributed by atoms with Crippen molar-refractivity contribution in [2.45, 2.75) is 58.9 Å². The van der Waals surface area contributed by atoms with Crippen LogP contribution in [0.2, 0.25) is 0 Å². The molecule has 176 valence electrons. The third kappa shape index (κ3) is 7.74. The van der Waals surface area contributed by atoms with Crippen molar-refractivity contribution < 1.29 is 18.3 Å². The third-order valence-electron chi connectivity index (χ3n) is 5.45. The van der Waals surface area contributed by atoms with Gasteiger partial charge in [0.15, 0.2) is 0 Å². The Morgan fingerprint density at radius 3 is 2.53 bits per heavy atom. The third-order valence-corrected chi connectivity index (χ3v) is 5.45. The van der Waals surface area contributed by atoms with E-state index in [2.05, 4.69) is 22.9 Å². The highest BCUT2D eigenvalue weighted by Gasteiger charge is 2.28. The molecule has 0 spiro atoms. The molecule has 32 heavy (non-hydrogen) atoms.